The van der Waals surface area contributed by atoms with Gasteiger partial charge in [0.05, 0.1) is 11.8 Å². The lowest BCUT2D eigenvalue weighted by Gasteiger charge is -2.07. The molecule has 0 aliphatic heterocycles. The van der Waals surface area contributed by atoms with Crippen LogP contribution in [-0.2, 0) is 6.42 Å². The van der Waals surface area contributed by atoms with E-state index in [0.717, 1.165) is 30.4 Å². The summed E-state index contributed by atoms with van der Waals surface area (Å²) >= 11 is 0. The van der Waals surface area contributed by atoms with Crippen LogP contribution in [0.2, 0.25) is 0 Å². The Morgan fingerprint density at radius 2 is 2.00 bits per heavy atom. The highest BCUT2D eigenvalue weighted by atomic mass is 16.3. The highest BCUT2D eigenvalue weighted by Crippen LogP contribution is 2.38. The summed E-state index contributed by atoms with van der Waals surface area (Å²) in [6.45, 7) is 0. The molecule has 0 saturated heterocycles. The Morgan fingerprint density at radius 3 is 2.56 bits per heavy atom. The second-order valence-corrected chi connectivity index (χ2v) is 4.44. The topological polar surface area (TPSA) is 46.3 Å². The average Bonchev–Trinajstić information content (AvgIpc) is 2.83. The first-order chi connectivity index (χ1) is 7.75. The predicted molar refractivity (Wildman–Crippen MR) is 59.8 cm³/mol. The van der Waals surface area contributed by atoms with E-state index in [1.165, 1.54) is 0 Å². The number of hydrogen-bond donors (Lipinski definition) is 1. The van der Waals surface area contributed by atoms with E-state index < -0.39 is 5.60 Å². The van der Waals surface area contributed by atoms with E-state index in [1.807, 2.05) is 24.3 Å². The number of benzene rings is 1. The number of oxazole rings is 1. The van der Waals surface area contributed by atoms with Gasteiger partial charge in [0.2, 0.25) is 5.89 Å². The highest BCUT2D eigenvalue weighted by Gasteiger charge is 2.39. The van der Waals surface area contributed by atoms with Crippen LogP contribution in [0.15, 0.2) is 41.1 Å². The third-order valence-corrected chi connectivity index (χ3v) is 2.99. The van der Waals surface area contributed by atoms with E-state index in [0.29, 0.717) is 5.89 Å². The maximum atomic E-state index is 9.80. The van der Waals surface area contributed by atoms with Gasteiger partial charge in [-0.15, -0.1) is 0 Å². The zero-order chi connectivity index (χ0) is 11.0. The van der Waals surface area contributed by atoms with Gasteiger partial charge in [-0.1, -0.05) is 12.1 Å². The van der Waals surface area contributed by atoms with Crippen LogP contribution >= 0.6 is 0 Å². The first-order valence-corrected chi connectivity index (χ1v) is 5.46. The van der Waals surface area contributed by atoms with Crippen LogP contribution in [0.1, 0.15) is 18.4 Å². The van der Waals surface area contributed by atoms with Crippen molar-refractivity contribution < 1.29 is 9.52 Å². The molecule has 0 spiro atoms. The average molecular weight is 215 g/mol. The van der Waals surface area contributed by atoms with Crippen LogP contribution in [0, 0.1) is 0 Å². The van der Waals surface area contributed by atoms with E-state index in [1.54, 1.807) is 12.5 Å². The van der Waals surface area contributed by atoms with Crippen molar-refractivity contribution in [2.45, 2.75) is 24.9 Å². The first-order valence-electron chi connectivity index (χ1n) is 5.46. The Morgan fingerprint density at radius 1 is 1.25 bits per heavy atom. The van der Waals surface area contributed by atoms with Crippen LogP contribution in [-0.4, -0.2) is 15.7 Å². The minimum atomic E-state index is -0.426. The number of nitrogens with zero attached hydrogens (tertiary/aromatic N) is 1. The van der Waals surface area contributed by atoms with Crippen LogP contribution in [0.4, 0.5) is 0 Å². The van der Waals surface area contributed by atoms with Gasteiger partial charge in [-0.05, 0) is 30.5 Å². The summed E-state index contributed by atoms with van der Waals surface area (Å²) < 4.78 is 5.21. The number of aromatic nitrogens is 1. The number of rotatable bonds is 3. The number of aliphatic hydroxyl groups is 1. The van der Waals surface area contributed by atoms with Crippen LogP contribution in [0.25, 0.3) is 11.5 Å². The van der Waals surface area contributed by atoms with Gasteiger partial charge in [0, 0.05) is 12.0 Å². The van der Waals surface area contributed by atoms with Crippen molar-refractivity contribution in [2.75, 3.05) is 0 Å². The van der Waals surface area contributed by atoms with Gasteiger partial charge in [-0.3, -0.25) is 0 Å². The van der Waals surface area contributed by atoms with Crippen molar-refractivity contribution >= 4 is 0 Å². The van der Waals surface area contributed by atoms with Gasteiger partial charge in [0.1, 0.15) is 6.26 Å². The molecule has 82 valence electrons. The van der Waals surface area contributed by atoms with Gasteiger partial charge in [0.25, 0.3) is 0 Å². The minimum absolute atomic E-state index is 0.426. The van der Waals surface area contributed by atoms with Gasteiger partial charge >= 0.3 is 0 Å². The van der Waals surface area contributed by atoms with E-state index in [4.69, 9.17) is 4.42 Å². The first kappa shape index (κ1) is 9.60. The fourth-order valence-corrected chi connectivity index (χ4v) is 1.83. The van der Waals surface area contributed by atoms with Crippen LogP contribution in [0.5, 0.6) is 0 Å². The standard InChI is InChI=1S/C13H13NO2/c15-13(5-6-13)9-10-1-3-11(4-2-10)12-14-7-8-16-12/h1-4,7-8,15H,5-6,9H2. The molecule has 0 amide bonds. The summed E-state index contributed by atoms with van der Waals surface area (Å²) in [5, 5.41) is 9.80. The Bertz CT molecular complexity index is 469. The summed E-state index contributed by atoms with van der Waals surface area (Å²) in [5.74, 6) is 0.636. The molecule has 0 radical (unpaired) electrons. The minimum Gasteiger partial charge on any atom is -0.445 e. The second-order valence-electron chi connectivity index (χ2n) is 4.44. The second kappa shape index (κ2) is 3.46. The van der Waals surface area contributed by atoms with E-state index >= 15 is 0 Å². The van der Waals surface area contributed by atoms with Crippen molar-refractivity contribution in [3.63, 3.8) is 0 Å². The maximum absolute atomic E-state index is 9.80. The molecule has 3 nitrogen and oxygen atoms in total. The summed E-state index contributed by atoms with van der Waals surface area (Å²) in [6, 6.07) is 8.01. The van der Waals surface area contributed by atoms with E-state index in [9.17, 15) is 5.11 Å². The lowest BCUT2D eigenvalue weighted by atomic mass is 10.0. The molecule has 1 aliphatic carbocycles. The molecular weight excluding hydrogens is 202 g/mol. The van der Waals surface area contributed by atoms with Crippen molar-refractivity contribution in [2.24, 2.45) is 0 Å². The molecule has 0 atom stereocenters. The molecule has 3 rings (SSSR count). The highest BCUT2D eigenvalue weighted by molar-refractivity contribution is 5.53. The molecule has 1 aromatic heterocycles. The Kier molecular flexibility index (Phi) is 2.07. The fraction of sp³-hybridized carbons (Fsp3) is 0.308. The summed E-state index contributed by atoms with van der Waals surface area (Å²) in [6.07, 6.45) is 5.80. The van der Waals surface area contributed by atoms with Crippen molar-refractivity contribution in [3.8, 4) is 11.5 Å². The molecule has 2 aromatic rings. The molecule has 0 bridgehead atoms. The Labute approximate surface area is 93.8 Å². The zero-order valence-electron chi connectivity index (χ0n) is 8.89. The quantitative estimate of drug-likeness (QED) is 0.855. The monoisotopic (exact) mass is 215 g/mol. The normalized spacial score (nSPS) is 17.3. The van der Waals surface area contributed by atoms with Crippen LogP contribution in [0.3, 0.4) is 0 Å². The molecule has 1 aromatic carbocycles. The van der Waals surface area contributed by atoms with Gasteiger partial charge in [-0.2, -0.15) is 0 Å². The molecule has 1 heterocycles. The third kappa shape index (κ3) is 1.86. The molecule has 16 heavy (non-hydrogen) atoms. The van der Waals surface area contributed by atoms with Gasteiger partial charge in [0.15, 0.2) is 0 Å². The number of hydrogen-bond acceptors (Lipinski definition) is 3. The molecule has 3 heteroatoms. The lowest BCUT2D eigenvalue weighted by Crippen LogP contribution is -2.10. The summed E-state index contributed by atoms with van der Waals surface area (Å²) in [7, 11) is 0. The Hall–Kier alpha value is -1.61. The lowest BCUT2D eigenvalue weighted by molar-refractivity contribution is 0.151. The maximum Gasteiger partial charge on any atom is 0.225 e. The zero-order valence-corrected chi connectivity index (χ0v) is 8.89. The third-order valence-electron chi connectivity index (χ3n) is 2.99. The summed E-state index contributed by atoms with van der Waals surface area (Å²) in [5.41, 5.74) is 1.71. The molecule has 1 fully saturated rings. The van der Waals surface area contributed by atoms with Gasteiger partial charge in [-0.25, -0.2) is 4.98 Å². The van der Waals surface area contributed by atoms with E-state index in [2.05, 4.69) is 4.98 Å². The molecule has 0 unspecified atom stereocenters. The molecule has 1 aliphatic rings. The van der Waals surface area contributed by atoms with Crippen LogP contribution < -0.4 is 0 Å². The van der Waals surface area contributed by atoms with E-state index in [-0.39, 0.29) is 0 Å². The van der Waals surface area contributed by atoms with Crippen molar-refractivity contribution in [1.29, 1.82) is 0 Å². The van der Waals surface area contributed by atoms with Gasteiger partial charge < -0.3 is 9.52 Å². The molecular formula is C13H13NO2. The molecule has 1 saturated carbocycles. The largest absolute Gasteiger partial charge is 0.445 e. The Balaban J connectivity index is 1.80. The smallest absolute Gasteiger partial charge is 0.225 e. The SMILES string of the molecule is OC1(Cc2ccc(-c3ncco3)cc2)CC1. The van der Waals surface area contributed by atoms with Crippen molar-refractivity contribution in [1.82, 2.24) is 4.98 Å². The summed E-state index contributed by atoms with van der Waals surface area (Å²) in [4.78, 5) is 4.09. The molecule has 1 N–H and O–H groups in total. The predicted octanol–water partition coefficient (Wildman–Crippen LogP) is 2.41. The van der Waals surface area contributed by atoms with Crippen molar-refractivity contribution in [3.05, 3.63) is 42.3 Å². The fourth-order valence-electron chi connectivity index (χ4n) is 1.83.